The molecule has 3 aromatic rings. The molecule has 0 saturated heterocycles. The average Bonchev–Trinajstić information content (AvgIpc) is 2.41. The number of nitrogen functional groups attached to an aromatic ring is 1. The van der Waals surface area contributed by atoms with E-state index >= 15 is 0 Å². The van der Waals surface area contributed by atoms with Crippen molar-refractivity contribution in [3.05, 3.63) is 58.3 Å². The second kappa shape index (κ2) is 5.37. The number of hydrogen-bond acceptors (Lipinski definition) is 3. The summed E-state index contributed by atoms with van der Waals surface area (Å²) in [5.74, 6) is 0. The molecule has 0 saturated carbocycles. The number of nitrogens with one attached hydrogen (secondary N) is 1. The van der Waals surface area contributed by atoms with E-state index in [0.29, 0.717) is 0 Å². The van der Waals surface area contributed by atoms with Crippen molar-refractivity contribution < 1.29 is 0 Å². The first-order valence-electron chi connectivity index (χ1n) is 6.72. The molecular formula is C17H16BrN3. The van der Waals surface area contributed by atoms with Crippen LogP contribution < -0.4 is 11.1 Å². The van der Waals surface area contributed by atoms with Crippen LogP contribution in [0.4, 0.5) is 17.1 Å². The lowest BCUT2D eigenvalue weighted by Crippen LogP contribution is -1.96. The number of nitrogens with two attached hydrogens (primary N) is 1. The summed E-state index contributed by atoms with van der Waals surface area (Å²) in [6, 6.07) is 12.2. The zero-order valence-corrected chi connectivity index (χ0v) is 13.5. The van der Waals surface area contributed by atoms with Crippen molar-refractivity contribution in [1.29, 1.82) is 0 Å². The van der Waals surface area contributed by atoms with Crippen molar-refractivity contribution >= 4 is 43.8 Å². The molecule has 3 nitrogen and oxygen atoms in total. The van der Waals surface area contributed by atoms with Crippen molar-refractivity contribution in [2.75, 3.05) is 11.1 Å². The molecular weight excluding hydrogens is 326 g/mol. The van der Waals surface area contributed by atoms with Crippen molar-refractivity contribution in [1.82, 2.24) is 4.98 Å². The molecule has 0 radical (unpaired) electrons. The quantitative estimate of drug-likeness (QED) is 0.649. The van der Waals surface area contributed by atoms with Crippen LogP contribution in [-0.2, 0) is 0 Å². The monoisotopic (exact) mass is 341 g/mol. The largest absolute Gasteiger partial charge is 0.398 e. The number of rotatable bonds is 2. The fourth-order valence-corrected chi connectivity index (χ4v) is 3.05. The minimum Gasteiger partial charge on any atom is -0.398 e. The Morgan fingerprint density at radius 2 is 1.86 bits per heavy atom. The highest BCUT2D eigenvalue weighted by Crippen LogP contribution is 2.31. The van der Waals surface area contributed by atoms with E-state index < -0.39 is 0 Å². The van der Waals surface area contributed by atoms with E-state index in [1.807, 2.05) is 25.3 Å². The van der Waals surface area contributed by atoms with Gasteiger partial charge in [0.1, 0.15) is 0 Å². The first-order valence-corrected chi connectivity index (χ1v) is 7.51. The summed E-state index contributed by atoms with van der Waals surface area (Å²) in [7, 11) is 0. The number of aromatic nitrogens is 1. The van der Waals surface area contributed by atoms with Gasteiger partial charge in [-0.25, -0.2) is 0 Å². The third-order valence-corrected chi connectivity index (χ3v) is 3.85. The number of fused-ring (bicyclic) bond motifs is 1. The molecule has 0 aliphatic rings. The molecule has 4 heteroatoms. The zero-order chi connectivity index (χ0) is 15.0. The summed E-state index contributed by atoms with van der Waals surface area (Å²) >= 11 is 3.53. The first kappa shape index (κ1) is 13.9. The Bertz CT molecular complexity index is 807. The van der Waals surface area contributed by atoms with Gasteiger partial charge in [-0.2, -0.15) is 0 Å². The summed E-state index contributed by atoms with van der Waals surface area (Å²) < 4.78 is 1.06. The zero-order valence-electron chi connectivity index (χ0n) is 11.9. The first-order chi connectivity index (χ1) is 10.0. The molecule has 106 valence electrons. The van der Waals surface area contributed by atoms with Crippen LogP contribution in [0.15, 0.2) is 47.1 Å². The van der Waals surface area contributed by atoms with Crippen LogP contribution in [0, 0.1) is 13.8 Å². The number of anilines is 3. The summed E-state index contributed by atoms with van der Waals surface area (Å²) in [6.45, 7) is 4.06. The van der Waals surface area contributed by atoms with Gasteiger partial charge in [-0.3, -0.25) is 4.98 Å². The maximum atomic E-state index is 6.04. The minimum atomic E-state index is 0.744. The predicted octanol–water partition coefficient (Wildman–Crippen LogP) is 4.94. The molecule has 1 aromatic heterocycles. The third-order valence-electron chi connectivity index (χ3n) is 3.39. The van der Waals surface area contributed by atoms with E-state index in [2.05, 4.69) is 57.4 Å². The Morgan fingerprint density at radius 1 is 1.05 bits per heavy atom. The van der Waals surface area contributed by atoms with E-state index in [0.717, 1.165) is 38.0 Å². The fraction of sp³-hybridized carbons (Fsp3) is 0.118. The van der Waals surface area contributed by atoms with Gasteiger partial charge in [0.15, 0.2) is 0 Å². The molecule has 0 bridgehead atoms. The summed E-state index contributed by atoms with van der Waals surface area (Å²) in [6.07, 6.45) is 1.83. The molecule has 0 aliphatic heterocycles. The summed E-state index contributed by atoms with van der Waals surface area (Å²) in [5.41, 5.74) is 11.0. The Morgan fingerprint density at radius 3 is 2.62 bits per heavy atom. The molecule has 3 rings (SSSR count). The van der Waals surface area contributed by atoms with E-state index in [-0.39, 0.29) is 0 Å². The van der Waals surface area contributed by atoms with Crippen LogP contribution in [0.2, 0.25) is 0 Å². The Balaban J connectivity index is 2.12. The molecule has 0 aliphatic carbocycles. The highest BCUT2D eigenvalue weighted by Gasteiger charge is 2.06. The second-order valence-corrected chi connectivity index (χ2v) is 6.13. The van der Waals surface area contributed by atoms with Crippen LogP contribution >= 0.6 is 15.9 Å². The van der Waals surface area contributed by atoms with Gasteiger partial charge in [-0.15, -0.1) is 0 Å². The van der Waals surface area contributed by atoms with Crippen LogP contribution in [0.1, 0.15) is 11.3 Å². The molecule has 0 amide bonds. The lowest BCUT2D eigenvalue weighted by atomic mass is 10.1. The molecule has 0 fully saturated rings. The standard InChI is InChI=1S/C17H16BrN3/c1-10-5-12(18)8-13(6-10)21-17-4-3-16(19)15-9-20-11(2)7-14(15)17/h3-9,21H,19H2,1-2H3. The number of hydrogen-bond donors (Lipinski definition) is 2. The lowest BCUT2D eigenvalue weighted by Gasteiger charge is -2.13. The summed E-state index contributed by atoms with van der Waals surface area (Å²) in [5, 5.41) is 5.52. The van der Waals surface area contributed by atoms with Crippen molar-refractivity contribution in [3.63, 3.8) is 0 Å². The molecule has 3 N–H and O–H groups in total. The van der Waals surface area contributed by atoms with Gasteiger partial charge < -0.3 is 11.1 Å². The van der Waals surface area contributed by atoms with Gasteiger partial charge in [-0.1, -0.05) is 15.9 Å². The number of halogens is 1. The molecule has 21 heavy (non-hydrogen) atoms. The normalized spacial score (nSPS) is 10.8. The van der Waals surface area contributed by atoms with Crippen LogP contribution in [0.5, 0.6) is 0 Å². The molecule has 0 unspecified atom stereocenters. The molecule has 2 aromatic carbocycles. The Kier molecular flexibility index (Phi) is 3.55. The van der Waals surface area contributed by atoms with Gasteiger partial charge in [-0.05, 0) is 55.8 Å². The Labute approximate surface area is 132 Å². The number of nitrogens with zero attached hydrogens (tertiary/aromatic N) is 1. The topological polar surface area (TPSA) is 50.9 Å². The van der Waals surface area contributed by atoms with Crippen LogP contribution in [0.3, 0.4) is 0 Å². The smallest absolute Gasteiger partial charge is 0.0466 e. The average molecular weight is 342 g/mol. The van der Waals surface area contributed by atoms with Gasteiger partial charge in [0.2, 0.25) is 0 Å². The highest BCUT2D eigenvalue weighted by molar-refractivity contribution is 9.10. The minimum absolute atomic E-state index is 0.744. The third kappa shape index (κ3) is 2.85. The van der Waals surface area contributed by atoms with E-state index in [4.69, 9.17) is 5.73 Å². The number of benzene rings is 2. The highest BCUT2D eigenvalue weighted by atomic mass is 79.9. The molecule has 0 spiro atoms. The van der Waals surface area contributed by atoms with Gasteiger partial charge in [0.05, 0.1) is 0 Å². The second-order valence-electron chi connectivity index (χ2n) is 5.22. The van der Waals surface area contributed by atoms with E-state index in [1.54, 1.807) is 0 Å². The van der Waals surface area contributed by atoms with Crippen molar-refractivity contribution in [2.45, 2.75) is 13.8 Å². The van der Waals surface area contributed by atoms with Gasteiger partial charge in [0.25, 0.3) is 0 Å². The maximum absolute atomic E-state index is 6.04. The SMILES string of the molecule is Cc1cc(Br)cc(Nc2ccc(N)c3cnc(C)cc23)c1. The van der Waals surface area contributed by atoms with Crippen molar-refractivity contribution in [3.8, 4) is 0 Å². The van der Waals surface area contributed by atoms with Crippen LogP contribution in [-0.4, -0.2) is 4.98 Å². The van der Waals surface area contributed by atoms with Gasteiger partial charge in [0, 0.05) is 44.2 Å². The predicted molar refractivity (Wildman–Crippen MR) is 93.1 cm³/mol. The Hall–Kier alpha value is -2.07. The fourth-order valence-electron chi connectivity index (χ4n) is 2.44. The maximum Gasteiger partial charge on any atom is 0.0466 e. The van der Waals surface area contributed by atoms with E-state index in [9.17, 15) is 0 Å². The number of aryl methyl sites for hydroxylation is 2. The van der Waals surface area contributed by atoms with Crippen molar-refractivity contribution in [2.24, 2.45) is 0 Å². The molecule has 1 heterocycles. The molecule has 0 atom stereocenters. The van der Waals surface area contributed by atoms with E-state index in [1.165, 1.54) is 5.56 Å². The summed E-state index contributed by atoms with van der Waals surface area (Å²) in [4.78, 5) is 4.33. The lowest BCUT2D eigenvalue weighted by molar-refractivity contribution is 1.22. The van der Waals surface area contributed by atoms with Crippen LogP contribution in [0.25, 0.3) is 10.8 Å². The number of pyridine rings is 1. The van der Waals surface area contributed by atoms with Gasteiger partial charge >= 0.3 is 0 Å².